The number of benzene rings is 1. The van der Waals surface area contributed by atoms with Crippen molar-refractivity contribution in [2.75, 3.05) is 89.4 Å². The molecular weight excluding hydrogens is 450 g/mol. The second kappa shape index (κ2) is 11.9. The van der Waals surface area contributed by atoms with Crippen LogP contribution in [0, 0.1) is 0 Å². The fourth-order valence-corrected chi connectivity index (χ4v) is 5.37. The maximum absolute atomic E-state index is 5.48. The fourth-order valence-electron chi connectivity index (χ4n) is 5.37. The van der Waals surface area contributed by atoms with Crippen molar-refractivity contribution in [3.8, 4) is 11.4 Å². The van der Waals surface area contributed by atoms with Crippen LogP contribution in [0.3, 0.4) is 0 Å². The zero-order chi connectivity index (χ0) is 24.9. The standard InChI is InChI=1S/C28H43N7O/c1-22(2)35-12-9-26-25(21-35)28(29-10-4-11-33-17-19-36-20-18-33)31-27(30-26)23-5-7-24(8-6-23)34-15-13-32(3)14-16-34/h5-8,22H,4,9-21H2,1-3H3,(H,29,30,31). The summed E-state index contributed by atoms with van der Waals surface area (Å²) in [5.74, 6) is 1.86. The summed E-state index contributed by atoms with van der Waals surface area (Å²) in [6, 6.07) is 9.38. The van der Waals surface area contributed by atoms with Crippen molar-refractivity contribution in [2.45, 2.75) is 39.3 Å². The van der Waals surface area contributed by atoms with Crippen LogP contribution < -0.4 is 10.2 Å². The van der Waals surface area contributed by atoms with Gasteiger partial charge in [0.1, 0.15) is 5.82 Å². The summed E-state index contributed by atoms with van der Waals surface area (Å²) in [6.07, 6.45) is 2.08. The van der Waals surface area contributed by atoms with Crippen LogP contribution in [0.4, 0.5) is 11.5 Å². The monoisotopic (exact) mass is 493 g/mol. The highest BCUT2D eigenvalue weighted by Gasteiger charge is 2.24. The molecule has 1 N–H and O–H groups in total. The van der Waals surface area contributed by atoms with E-state index in [2.05, 4.69) is 70.1 Å². The van der Waals surface area contributed by atoms with Crippen LogP contribution in [0.2, 0.25) is 0 Å². The first-order chi connectivity index (χ1) is 17.6. The normalized spacial score (nSPS) is 20.1. The molecule has 0 atom stereocenters. The highest BCUT2D eigenvalue weighted by atomic mass is 16.5. The maximum Gasteiger partial charge on any atom is 0.161 e. The van der Waals surface area contributed by atoms with Crippen LogP contribution in [0.5, 0.6) is 0 Å². The third-order valence-electron chi connectivity index (χ3n) is 7.86. The first-order valence-corrected chi connectivity index (χ1v) is 13.8. The van der Waals surface area contributed by atoms with E-state index in [0.717, 1.165) is 109 Å². The molecule has 36 heavy (non-hydrogen) atoms. The minimum Gasteiger partial charge on any atom is -0.379 e. The number of likely N-dealkylation sites (N-methyl/N-ethyl adjacent to an activating group) is 1. The lowest BCUT2D eigenvalue weighted by molar-refractivity contribution is 0.0378. The molecule has 5 rings (SSSR count). The first-order valence-electron chi connectivity index (χ1n) is 13.8. The van der Waals surface area contributed by atoms with Crippen LogP contribution in [0.1, 0.15) is 31.5 Å². The van der Waals surface area contributed by atoms with Crippen LogP contribution in [0.15, 0.2) is 24.3 Å². The molecule has 2 aromatic rings. The molecule has 4 heterocycles. The number of anilines is 2. The van der Waals surface area contributed by atoms with E-state index >= 15 is 0 Å². The van der Waals surface area contributed by atoms with E-state index in [1.807, 2.05) is 0 Å². The second-order valence-corrected chi connectivity index (χ2v) is 10.7. The average molecular weight is 494 g/mol. The van der Waals surface area contributed by atoms with E-state index in [9.17, 15) is 0 Å². The Bertz CT molecular complexity index is 982. The van der Waals surface area contributed by atoms with E-state index in [1.165, 1.54) is 16.9 Å². The molecular formula is C28H43N7O. The van der Waals surface area contributed by atoms with E-state index in [-0.39, 0.29) is 0 Å². The van der Waals surface area contributed by atoms with Crippen LogP contribution >= 0.6 is 0 Å². The molecule has 2 saturated heterocycles. The molecule has 0 saturated carbocycles. The summed E-state index contributed by atoms with van der Waals surface area (Å²) in [5, 5.41) is 3.70. The molecule has 1 aromatic carbocycles. The third kappa shape index (κ3) is 6.17. The summed E-state index contributed by atoms with van der Waals surface area (Å²) in [4.78, 5) is 20.0. The number of aromatic nitrogens is 2. The molecule has 0 aliphatic carbocycles. The lowest BCUT2D eigenvalue weighted by Crippen LogP contribution is -2.44. The molecule has 0 amide bonds. The zero-order valence-corrected chi connectivity index (χ0v) is 22.4. The van der Waals surface area contributed by atoms with Gasteiger partial charge in [-0.05, 0) is 58.1 Å². The van der Waals surface area contributed by atoms with Crippen molar-refractivity contribution in [3.63, 3.8) is 0 Å². The molecule has 8 nitrogen and oxygen atoms in total. The van der Waals surface area contributed by atoms with Gasteiger partial charge in [0, 0.05) is 88.2 Å². The Morgan fingerprint density at radius 1 is 0.944 bits per heavy atom. The van der Waals surface area contributed by atoms with Crippen LogP contribution in [-0.2, 0) is 17.7 Å². The molecule has 0 bridgehead atoms. The maximum atomic E-state index is 5.48. The Balaban J connectivity index is 1.31. The van der Waals surface area contributed by atoms with Crippen molar-refractivity contribution >= 4 is 11.5 Å². The van der Waals surface area contributed by atoms with Gasteiger partial charge in [-0.2, -0.15) is 0 Å². The largest absolute Gasteiger partial charge is 0.379 e. The van der Waals surface area contributed by atoms with Crippen molar-refractivity contribution in [3.05, 3.63) is 35.5 Å². The van der Waals surface area contributed by atoms with E-state index in [4.69, 9.17) is 14.7 Å². The molecule has 196 valence electrons. The SMILES string of the molecule is CC(C)N1CCc2nc(-c3ccc(N4CCN(C)CC4)cc3)nc(NCCCN3CCOCC3)c2C1. The highest BCUT2D eigenvalue weighted by molar-refractivity contribution is 5.63. The minimum absolute atomic E-state index is 0.522. The van der Waals surface area contributed by atoms with Crippen molar-refractivity contribution in [1.82, 2.24) is 24.7 Å². The Morgan fingerprint density at radius 2 is 1.69 bits per heavy atom. The number of hydrogen-bond acceptors (Lipinski definition) is 8. The summed E-state index contributed by atoms with van der Waals surface area (Å²) in [7, 11) is 2.20. The number of rotatable bonds is 8. The molecule has 0 spiro atoms. The van der Waals surface area contributed by atoms with Crippen LogP contribution in [0.25, 0.3) is 11.4 Å². The summed E-state index contributed by atoms with van der Waals surface area (Å²) >= 11 is 0. The topological polar surface area (TPSA) is 60.0 Å². The minimum atomic E-state index is 0.522. The number of ether oxygens (including phenoxy) is 1. The number of nitrogens with zero attached hydrogens (tertiary/aromatic N) is 6. The van der Waals surface area contributed by atoms with Crippen LogP contribution in [-0.4, -0.2) is 110 Å². The van der Waals surface area contributed by atoms with Gasteiger partial charge in [0.25, 0.3) is 0 Å². The van der Waals surface area contributed by atoms with E-state index < -0.39 is 0 Å². The Labute approximate surface area is 216 Å². The molecule has 8 heteroatoms. The molecule has 3 aliphatic rings. The van der Waals surface area contributed by atoms with Crippen molar-refractivity contribution in [2.24, 2.45) is 0 Å². The van der Waals surface area contributed by atoms with E-state index in [0.29, 0.717) is 6.04 Å². The highest BCUT2D eigenvalue weighted by Crippen LogP contribution is 2.29. The quantitative estimate of drug-likeness (QED) is 0.564. The Hall–Kier alpha value is -2.26. The predicted molar refractivity (Wildman–Crippen MR) is 147 cm³/mol. The van der Waals surface area contributed by atoms with Crippen molar-refractivity contribution in [1.29, 1.82) is 0 Å². The average Bonchev–Trinajstić information content (AvgIpc) is 2.91. The number of nitrogens with one attached hydrogen (secondary N) is 1. The molecule has 0 unspecified atom stereocenters. The predicted octanol–water partition coefficient (Wildman–Crippen LogP) is 2.80. The number of piperazine rings is 1. The van der Waals surface area contributed by atoms with Gasteiger partial charge in [-0.15, -0.1) is 0 Å². The third-order valence-corrected chi connectivity index (χ3v) is 7.86. The Morgan fingerprint density at radius 3 is 2.42 bits per heavy atom. The summed E-state index contributed by atoms with van der Waals surface area (Å²) < 4.78 is 5.48. The number of morpholine rings is 1. The lowest BCUT2D eigenvalue weighted by Gasteiger charge is -2.34. The molecule has 3 aliphatic heterocycles. The van der Waals surface area contributed by atoms with Gasteiger partial charge in [0.2, 0.25) is 0 Å². The van der Waals surface area contributed by atoms with Gasteiger partial charge < -0.3 is 19.9 Å². The van der Waals surface area contributed by atoms with Gasteiger partial charge in [-0.25, -0.2) is 9.97 Å². The first kappa shape index (κ1) is 25.4. The number of hydrogen-bond donors (Lipinski definition) is 1. The Kier molecular flexibility index (Phi) is 8.36. The number of fused-ring (bicyclic) bond motifs is 1. The van der Waals surface area contributed by atoms with E-state index in [1.54, 1.807) is 0 Å². The lowest BCUT2D eigenvalue weighted by atomic mass is 10.0. The molecule has 2 fully saturated rings. The second-order valence-electron chi connectivity index (χ2n) is 10.7. The van der Waals surface area contributed by atoms with Gasteiger partial charge in [-0.1, -0.05) is 0 Å². The smallest absolute Gasteiger partial charge is 0.161 e. The fraction of sp³-hybridized carbons (Fsp3) is 0.643. The van der Waals surface area contributed by atoms with Gasteiger partial charge >= 0.3 is 0 Å². The van der Waals surface area contributed by atoms with Gasteiger partial charge in [0.05, 0.1) is 18.9 Å². The zero-order valence-electron chi connectivity index (χ0n) is 22.4. The molecule has 0 radical (unpaired) electrons. The van der Waals surface area contributed by atoms with Crippen molar-refractivity contribution < 1.29 is 4.74 Å². The summed E-state index contributed by atoms with van der Waals surface area (Å²) in [5.41, 5.74) is 4.87. The van der Waals surface area contributed by atoms with Gasteiger partial charge in [0.15, 0.2) is 5.82 Å². The summed E-state index contributed by atoms with van der Waals surface area (Å²) in [6.45, 7) is 16.7. The molecule has 1 aromatic heterocycles. The van der Waals surface area contributed by atoms with Gasteiger partial charge in [-0.3, -0.25) is 9.80 Å².